The minimum atomic E-state index is -0.967. The number of carbonyl (C=O) groups is 3. The Morgan fingerprint density at radius 1 is 0.875 bits per heavy atom. The Hall–Kier alpha value is -4.92. The van der Waals surface area contributed by atoms with Crippen molar-refractivity contribution < 1.29 is 24.2 Å². The molecule has 0 spiro atoms. The Morgan fingerprint density at radius 3 is 1.85 bits per heavy atom. The average molecular weight is 661 g/mol. The van der Waals surface area contributed by atoms with Gasteiger partial charge in [0, 0.05) is 47.7 Å². The third-order valence-corrected chi connectivity index (χ3v) is 9.26. The Balaban J connectivity index is 1.32. The number of amides is 2. The molecular weight excluding hydrogens is 621 g/mol. The second kappa shape index (κ2) is 16.8. The quantitative estimate of drug-likeness (QED) is 0.189. The normalized spacial score (nSPS) is 14.5. The van der Waals surface area contributed by atoms with Crippen molar-refractivity contribution in [2.24, 2.45) is 0 Å². The molecule has 2 amide bonds. The van der Waals surface area contributed by atoms with Gasteiger partial charge in [-0.1, -0.05) is 60.9 Å². The molecule has 2 aliphatic rings. The molecule has 8 heteroatoms. The van der Waals surface area contributed by atoms with Crippen LogP contribution in [0.5, 0.6) is 5.75 Å². The van der Waals surface area contributed by atoms with E-state index >= 15 is 0 Å². The Labute approximate surface area is 287 Å². The SMILES string of the molecule is CCC(Oc1ccc(SCC=C(c2ccc(C#CCN3CCCC3=O)cc2)c2ccc(C#CCN3CCCC3=O)cc2)cc1C)C(=O)O. The van der Waals surface area contributed by atoms with E-state index in [2.05, 4.69) is 54.0 Å². The van der Waals surface area contributed by atoms with Crippen molar-refractivity contribution in [3.63, 3.8) is 0 Å². The second-order valence-corrected chi connectivity index (χ2v) is 12.9. The third kappa shape index (κ3) is 9.33. The lowest BCUT2D eigenvalue weighted by molar-refractivity contribution is -0.145. The standard InChI is InChI=1S/C40H40N2O5S/c1-3-36(40(45)46)47-37-21-20-34(28-29(37)2)48-27-22-35(32-16-12-30(13-17-32)8-4-23-41-25-6-10-38(41)43)33-18-14-31(15-19-33)9-5-24-42-26-7-11-39(42)44/h12-22,28,36H,3,6-7,10-11,23-27H2,1-2H3,(H,45,46). The molecule has 48 heavy (non-hydrogen) atoms. The lowest BCUT2D eigenvalue weighted by Crippen LogP contribution is -2.26. The van der Waals surface area contributed by atoms with Crippen LogP contribution in [-0.4, -0.2) is 70.7 Å². The van der Waals surface area contributed by atoms with Gasteiger partial charge in [-0.2, -0.15) is 0 Å². The van der Waals surface area contributed by atoms with Crippen molar-refractivity contribution in [2.45, 2.75) is 57.0 Å². The summed E-state index contributed by atoms with van der Waals surface area (Å²) >= 11 is 1.69. The van der Waals surface area contributed by atoms with E-state index in [9.17, 15) is 19.5 Å². The second-order valence-electron chi connectivity index (χ2n) is 11.8. The number of carboxylic acids is 1. The van der Waals surface area contributed by atoms with Crippen LogP contribution in [0.15, 0.2) is 77.7 Å². The van der Waals surface area contributed by atoms with Crippen molar-refractivity contribution in [3.8, 4) is 29.4 Å². The van der Waals surface area contributed by atoms with E-state index in [-0.39, 0.29) is 11.8 Å². The average Bonchev–Trinajstić information content (AvgIpc) is 3.70. The fourth-order valence-electron chi connectivity index (χ4n) is 5.61. The molecule has 2 aliphatic heterocycles. The zero-order valence-electron chi connectivity index (χ0n) is 27.5. The number of nitrogens with zero attached hydrogens (tertiary/aromatic N) is 2. The molecule has 1 N–H and O–H groups in total. The number of ether oxygens (including phenoxy) is 1. The number of carbonyl (C=O) groups excluding carboxylic acids is 2. The van der Waals surface area contributed by atoms with Gasteiger partial charge >= 0.3 is 5.97 Å². The first-order valence-corrected chi connectivity index (χ1v) is 17.4. The molecule has 7 nitrogen and oxygen atoms in total. The van der Waals surface area contributed by atoms with Crippen LogP contribution in [-0.2, 0) is 14.4 Å². The smallest absolute Gasteiger partial charge is 0.344 e. The zero-order chi connectivity index (χ0) is 33.9. The first kappa shape index (κ1) is 34.4. The summed E-state index contributed by atoms with van der Waals surface area (Å²) in [6.07, 6.45) is 4.76. The molecule has 0 saturated carbocycles. The van der Waals surface area contributed by atoms with Crippen LogP contribution >= 0.6 is 11.8 Å². The van der Waals surface area contributed by atoms with Crippen LogP contribution in [0, 0.1) is 30.6 Å². The predicted molar refractivity (Wildman–Crippen MR) is 190 cm³/mol. The van der Waals surface area contributed by atoms with Gasteiger partial charge in [0.2, 0.25) is 11.8 Å². The monoisotopic (exact) mass is 660 g/mol. The summed E-state index contributed by atoms with van der Waals surface area (Å²) in [5.41, 5.74) is 5.87. The van der Waals surface area contributed by atoms with Gasteiger partial charge < -0.3 is 19.6 Å². The number of aliphatic carboxylic acids is 1. The van der Waals surface area contributed by atoms with Gasteiger partial charge in [0.15, 0.2) is 6.10 Å². The molecule has 2 fully saturated rings. The largest absolute Gasteiger partial charge is 0.479 e. The molecule has 0 radical (unpaired) electrons. The van der Waals surface area contributed by atoms with Crippen LogP contribution in [0.2, 0.25) is 0 Å². The maximum atomic E-state index is 11.9. The Bertz CT molecular complexity index is 1700. The highest BCUT2D eigenvalue weighted by Gasteiger charge is 2.20. The summed E-state index contributed by atoms with van der Waals surface area (Å²) in [6, 6.07) is 22.2. The molecule has 0 bridgehead atoms. The number of likely N-dealkylation sites (tertiary alicyclic amines) is 2. The summed E-state index contributed by atoms with van der Waals surface area (Å²) in [6.45, 7) is 6.19. The number of hydrogen-bond acceptors (Lipinski definition) is 5. The summed E-state index contributed by atoms with van der Waals surface area (Å²) in [7, 11) is 0. The molecule has 1 atom stereocenters. The van der Waals surface area contributed by atoms with Gasteiger partial charge in [0.1, 0.15) is 5.75 Å². The highest BCUT2D eigenvalue weighted by molar-refractivity contribution is 7.99. The summed E-state index contributed by atoms with van der Waals surface area (Å²) in [4.78, 5) is 39.9. The van der Waals surface area contributed by atoms with Crippen LogP contribution < -0.4 is 4.74 Å². The summed E-state index contributed by atoms with van der Waals surface area (Å²) in [5.74, 6) is 13.3. The molecule has 3 aromatic carbocycles. The molecular formula is C40H40N2O5S. The van der Waals surface area contributed by atoms with E-state index in [1.807, 2.05) is 49.4 Å². The van der Waals surface area contributed by atoms with E-state index in [1.165, 1.54) is 0 Å². The number of rotatable bonds is 11. The van der Waals surface area contributed by atoms with Crippen molar-refractivity contribution in [2.75, 3.05) is 31.9 Å². The Kier molecular flexibility index (Phi) is 12.0. The maximum Gasteiger partial charge on any atom is 0.344 e. The summed E-state index contributed by atoms with van der Waals surface area (Å²) < 4.78 is 5.72. The highest BCUT2D eigenvalue weighted by atomic mass is 32.2. The number of thioether (sulfide) groups is 1. The molecule has 1 unspecified atom stereocenters. The maximum absolute atomic E-state index is 11.9. The van der Waals surface area contributed by atoms with Gasteiger partial charge in [-0.3, -0.25) is 9.59 Å². The van der Waals surface area contributed by atoms with Gasteiger partial charge in [-0.05, 0) is 90.9 Å². The van der Waals surface area contributed by atoms with E-state index in [1.54, 1.807) is 28.5 Å². The minimum Gasteiger partial charge on any atom is -0.479 e. The predicted octanol–water partition coefficient (Wildman–Crippen LogP) is 6.41. The molecule has 0 aromatic heterocycles. The van der Waals surface area contributed by atoms with Gasteiger partial charge in [0.25, 0.3) is 0 Å². The lowest BCUT2D eigenvalue weighted by atomic mass is 9.96. The van der Waals surface area contributed by atoms with E-state index in [0.717, 1.165) is 64.2 Å². The van der Waals surface area contributed by atoms with Gasteiger partial charge in [-0.25, -0.2) is 4.79 Å². The van der Waals surface area contributed by atoms with Gasteiger partial charge in [0.05, 0.1) is 13.1 Å². The fraction of sp³-hybridized carbons (Fsp3) is 0.325. The molecule has 5 rings (SSSR count). The Morgan fingerprint density at radius 2 is 1.42 bits per heavy atom. The van der Waals surface area contributed by atoms with Crippen molar-refractivity contribution in [3.05, 3.63) is 101 Å². The zero-order valence-corrected chi connectivity index (χ0v) is 28.3. The first-order valence-electron chi connectivity index (χ1n) is 16.4. The van der Waals surface area contributed by atoms with Gasteiger partial charge in [-0.15, -0.1) is 11.8 Å². The molecule has 246 valence electrons. The van der Waals surface area contributed by atoms with Crippen molar-refractivity contribution in [1.82, 2.24) is 9.80 Å². The fourth-order valence-corrected chi connectivity index (χ4v) is 6.48. The van der Waals surface area contributed by atoms with Crippen LogP contribution in [0.1, 0.15) is 66.8 Å². The number of aryl methyl sites for hydroxylation is 1. The number of benzene rings is 3. The molecule has 3 aromatic rings. The number of carboxylic acid groups (broad SMARTS) is 1. The topological polar surface area (TPSA) is 87.2 Å². The van der Waals surface area contributed by atoms with Crippen LogP contribution in [0.25, 0.3) is 5.57 Å². The van der Waals surface area contributed by atoms with E-state index < -0.39 is 12.1 Å². The molecule has 2 heterocycles. The minimum absolute atomic E-state index is 0.175. The van der Waals surface area contributed by atoms with Crippen molar-refractivity contribution >= 4 is 35.1 Å². The van der Waals surface area contributed by atoms with E-state index in [0.29, 0.717) is 43.9 Å². The third-order valence-electron chi connectivity index (χ3n) is 8.34. The summed E-state index contributed by atoms with van der Waals surface area (Å²) in [5, 5.41) is 9.37. The lowest BCUT2D eigenvalue weighted by Gasteiger charge is -2.15. The highest BCUT2D eigenvalue weighted by Crippen LogP contribution is 2.30. The molecule has 0 aliphatic carbocycles. The molecule has 2 saturated heterocycles. The number of hydrogen-bond donors (Lipinski definition) is 1. The first-order chi connectivity index (χ1) is 23.3. The van der Waals surface area contributed by atoms with Crippen LogP contribution in [0.4, 0.5) is 0 Å². The van der Waals surface area contributed by atoms with Crippen molar-refractivity contribution in [1.29, 1.82) is 0 Å². The van der Waals surface area contributed by atoms with Crippen LogP contribution in [0.3, 0.4) is 0 Å². The van der Waals surface area contributed by atoms with E-state index in [4.69, 9.17) is 4.74 Å².